The number of ether oxygens (including phenoxy) is 1. The van der Waals surface area contributed by atoms with Crippen LogP contribution < -0.4 is 10.1 Å². The minimum Gasteiger partial charge on any atom is -0.497 e. The molecule has 0 aliphatic rings. The summed E-state index contributed by atoms with van der Waals surface area (Å²) in [6.07, 6.45) is -0.286. The van der Waals surface area contributed by atoms with Gasteiger partial charge in [0.15, 0.2) is 10.9 Å². The van der Waals surface area contributed by atoms with Crippen molar-refractivity contribution in [1.29, 1.82) is 0 Å². The van der Waals surface area contributed by atoms with Crippen molar-refractivity contribution in [3.05, 3.63) is 29.8 Å². The smallest absolute Gasteiger partial charge is 0.326 e. The van der Waals surface area contributed by atoms with Gasteiger partial charge in [-0.15, -0.1) is 0 Å². The number of ketones is 1. The van der Waals surface area contributed by atoms with E-state index in [0.29, 0.717) is 11.3 Å². The molecule has 0 bridgehead atoms. The van der Waals surface area contributed by atoms with Crippen LogP contribution in [0.5, 0.6) is 5.75 Å². The molecule has 8 heteroatoms. The summed E-state index contributed by atoms with van der Waals surface area (Å²) < 4.78 is 5.04. The molecule has 0 saturated carbocycles. The van der Waals surface area contributed by atoms with Gasteiger partial charge in [0.25, 0.3) is 0 Å². The Balaban J connectivity index is 2.91. The second-order valence-corrected chi connectivity index (χ2v) is 7.40. The number of thioether (sulfide) groups is 1. The van der Waals surface area contributed by atoms with E-state index in [-0.39, 0.29) is 23.2 Å². The molecule has 0 aliphatic carbocycles. The summed E-state index contributed by atoms with van der Waals surface area (Å²) >= 11 is 0.757. The van der Waals surface area contributed by atoms with Crippen molar-refractivity contribution in [2.24, 2.45) is 5.92 Å². The van der Waals surface area contributed by atoms with Crippen molar-refractivity contribution < 1.29 is 29.0 Å². The standard InChI is InChI=1S/C18H23NO6S/c1-10(2)16(18(23)24)19-15(21)9-14(26-11(3)20)17(22)12-5-7-13(25-4)8-6-12/h5-8,10,14,16H,9H2,1-4H3,(H,19,21)(H,23,24)/t14?,16-/m0/s1. The number of benzene rings is 1. The lowest BCUT2D eigenvalue weighted by atomic mass is 10.0. The monoisotopic (exact) mass is 381 g/mol. The molecule has 2 atom stereocenters. The maximum absolute atomic E-state index is 12.7. The van der Waals surface area contributed by atoms with Crippen molar-refractivity contribution in [1.82, 2.24) is 5.32 Å². The molecule has 0 radical (unpaired) electrons. The van der Waals surface area contributed by atoms with Gasteiger partial charge >= 0.3 is 5.97 Å². The molecule has 2 N–H and O–H groups in total. The zero-order chi connectivity index (χ0) is 19.9. The highest BCUT2D eigenvalue weighted by atomic mass is 32.2. The van der Waals surface area contributed by atoms with E-state index in [2.05, 4.69) is 5.32 Å². The fraction of sp³-hybridized carbons (Fsp3) is 0.444. The number of Topliss-reactive ketones (excluding diaryl/α,β-unsaturated/α-hetero) is 1. The number of methoxy groups -OCH3 is 1. The van der Waals surface area contributed by atoms with Crippen LogP contribution in [0.3, 0.4) is 0 Å². The lowest BCUT2D eigenvalue weighted by Gasteiger charge is -2.20. The molecule has 1 aromatic rings. The van der Waals surface area contributed by atoms with E-state index >= 15 is 0 Å². The van der Waals surface area contributed by atoms with Gasteiger partial charge in [-0.3, -0.25) is 14.4 Å². The third-order valence-electron chi connectivity index (χ3n) is 3.60. The predicted octanol–water partition coefficient (Wildman–Crippen LogP) is 2.14. The molecular weight excluding hydrogens is 358 g/mol. The van der Waals surface area contributed by atoms with E-state index in [1.54, 1.807) is 38.1 Å². The topological polar surface area (TPSA) is 110 Å². The number of hydrogen-bond acceptors (Lipinski definition) is 6. The minimum absolute atomic E-state index is 0.286. The van der Waals surface area contributed by atoms with Crippen molar-refractivity contribution in [3.63, 3.8) is 0 Å². The number of aliphatic carboxylic acids is 1. The van der Waals surface area contributed by atoms with E-state index in [1.165, 1.54) is 14.0 Å². The SMILES string of the molecule is COc1ccc(C(=O)C(CC(=O)N[C@H](C(=O)O)C(C)C)SC(C)=O)cc1. The number of carboxylic acid groups (broad SMARTS) is 1. The summed E-state index contributed by atoms with van der Waals surface area (Å²) in [6.45, 7) is 4.65. The number of carboxylic acids is 1. The Hall–Kier alpha value is -2.35. The number of nitrogens with one attached hydrogen (secondary N) is 1. The molecule has 142 valence electrons. The zero-order valence-corrected chi connectivity index (χ0v) is 16.0. The molecule has 0 fully saturated rings. The minimum atomic E-state index is -1.15. The second-order valence-electron chi connectivity index (χ2n) is 6.02. The molecule has 7 nitrogen and oxygen atoms in total. The molecule has 26 heavy (non-hydrogen) atoms. The zero-order valence-electron chi connectivity index (χ0n) is 15.1. The van der Waals surface area contributed by atoms with Gasteiger partial charge < -0.3 is 15.2 Å². The van der Waals surface area contributed by atoms with Gasteiger partial charge in [-0.25, -0.2) is 4.79 Å². The Morgan fingerprint density at radius 3 is 2.15 bits per heavy atom. The Morgan fingerprint density at radius 1 is 1.15 bits per heavy atom. The molecule has 1 rings (SSSR count). The number of rotatable bonds is 9. The maximum atomic E-state index is 12.7. The first-order valence-electron chi connectivity index (χ1n) is 8.03. The van der Waals surface area contributed by atoms with E-state index in [9.17, 15) is 19.2 Å². The van der Waals surface area contributed by atoms with Crippen molar-refractivity contribution >= 4 is 34.5 Å². The van der Waals surface area contributed by atoms with Crippen molar-refractivity contribution in [2.75, 3.05) is 7.11 Å². The number of carbonyl (C=O) groups excluding carboxylic acids is 3. The molecule has 1 amide bonds. The van der Waals surface area contributed by atoms with Crippen LogP contribution in [0.1, 0.15) is 37.6 Å². The highest BCUT2D eigenvalue weighted by Gasteiger charge is 2.29. The van der Waals surface area contributed by atoms with E-state index in [1.807, 2.05) is 0 Å². The Kier molecular flexibility index (Phi) is 8.31. The molecule has 0 aromatic heterocycles. The van der Waals surface area contributed by atoms with Gasteiger partial charge in [-0.05, 0) is 30.2 Å². The second kappa shape index (κ2) is 9.96. The van der Waals surface area contributed by atoms with Gasteiger partial charge in [0.2, 0.25) is 5.91 Å². The molecule has 1 unspecified atom stereocenters. The Labute approximate surface area is 156 Å². The predicted molar refractivity (Wildman–Crippen MR) is 98.4 cm³/mol. The number of carbonyl (C=O) groups is 4. The summed E-state index contributed by atoms with van der Waals surface area (Å²) in [6, 6.07) is 5.29. The normalized spacial score (nSPS) is 13.0. The molecule has 0 aliphatic heterocycles. The average molecular weight is 381 g/mol. The summed E-state index contributed by atoms with van der Waals surface area (Å²) in [5.74, 6) is -1.85. The van der Waals surface area contributed by atoms with Crippen molar-refractivity contribution in [2.45, 2.75) is 38.5 Å². The number of hydrogen-bond donors (Lipinski definition) is 2. The lowest BCUT2D eigenvalue weighted by molar-refractivity contribution is -0.143. The first-order chi connectivity index (χ1) is 12.1. The molecule has 0 heterocycles. The van der Waals surface area contributed by atoms with Crippen LogP contribution in [0, 0.1) is 5.92 Å². The molecular formula is C18H23NO6S. The first kappa shape index (κ1) is 21.7. The van der Waals surface area contributed by atoms with Crippen LogP contribution >= 0.6 is 11.8 Å². The third-order valence-corrected chi connectivity index (χ3v) is 4.59. The van der Waals surface area contributed by atoms with Crippen LogP contribution in [-0.4, -0.2) is 46.3 Å². The summed E-state index contributed by atoms with van der Waals surface area (Å²) in [5, 5.41) is 10.3. The van der Waals surface area contributed by atoms with Gasteiger partial charge in [0.05, 0.1) is 12.4 Å². The van der Waals surface area contributed by atoms with Crippen LogP contribution in [0.15, 0.2) is 24.3 Å². The summed E-state index contributed by atoms with van der Waals surface area (Å²) in [5.41, 5.74) is 0.344. The first-order valence-corrected chi connectivity index (χ1v) is 8.91. The molecule has 0 saturated heterocycles. The van der Waals surface area contributed by atoms with Gasteiger partial charge in [-0.1, -0.05) is 25.6 Å². The van der Waals surface area contributed by atoms with Crippen LogP contribution in [0.4, 0.5) is 0 Å². The van der Waals surface area contributed by atoms with E-state index in [0.717, 1.165) is 11.8 Å². The van der Waals surface area contributed by atoms with Crippen LogP contribution in [0.2, 0.25) is 0 Å². The largest absolute Gasteiger partial charge is 0.497 e. The quantitative estimate of drug-likeness (QED) is 0.631. The average Bonchev–Trinajstić information content (AvgIpc) is 2.57. The Morgan fingerprint density at radius 2 is 1.73 bits per heavy atom. The Bertz CT molecular complexity index is 671. The van der Waals surface area contributed by atoms with Crippen molar-refractivity contribution in [3.8, 4) is 5.75 Å². The molecule has 1 aromatic carbocycles. The maximum Gasteiger partial charge on any atom is 0.326 e. The fourth-order valence-electron chi connectivity index (χ4n) is 2.24. The van der Waals surface area contributed by atoms with Gasteiger partial charge in [0, 0.05) is 18.9 Å². The highest BCUT2D eigenvalue weighted by molar-refractivity contribution is 8.14. The van der Waals surface area contributed by atoms with E-state index < -0.39 is 23.2 Å². The van der Waals surface area contributed by atoms with Crippen LogP contribution in [-0.2, 0) is 14.4 Å². The lowest BCUT2D eigenvalue weighted by Crippen LogP contribution is -2.45. The van der Waals surface area contributed by atoms with Crippen LogP contribution in [0.25, 0.3) is 0 Å². The summed E-state index contributed by atoms with van der Waals surface area (Å²) in [4.78, 5) is 47.6. The molecule has 0 spiro atoms. The van der Waals surface area contributed by atoms with Gasteiger partial charge in [-0.2, -0.15) is 0 Å². The third kappa shape index (κ3) is 6.51. The van der Waals surface area contributed by atoms with Gasteiger partial charge in [0.1, 0.15) is 11.8 Å². The highest BCUT2D eigenvalue weighted by Crippen LogP contribution is 2.22. The number of amides is 1. The summed E-state index contributed by atoms with van der Waals surface area (Å²) in [7, 11) is 1.50. The van der Waals surface area contributed by atoms with E-state index in [4.69, 9.17) is 9.84 Å². The fourth-order valence-corrected chi connectivity index (χ4v) is 3.12.